The highest BCUT2D eigenvalue weighted by atomic mass is 35.5. The minimum Gasteiger partial charge on any atom is -0.375 e. The molecule has 3 nitrogen and oxygen atoms in total. The molecular weight excluding hydrogens is 305 g/mol. The predicted octanol–water partition coefficient (Wildman–Crippen LogP) is 3.53. The standard InChI is InChI=1S/C17H17ClFNO2/c1-22-16(13-3-2-4-15(19)10-13)11-20-17(21)9-12-5-7-14(18)8-6-12/h2-8,10,16H,9,11H2,1H3,(H,20,21). The molecule has 22 heavy (non-hydrogen) atoms. The number of methoxy groups -OCH3 is 1. The number of ether oxygens (including phenoxy) is 1. The molecule has 1 atom stereocenters. The number of carbonyl (C=O) groups excluding carboxylic acids is 1. The van der Waals surface area contributed by atoms with Crippen LogP contribution in [0, 0.1) is 5.82 Å². The molecule has 0 saturated carbocycles. The molecule has 5 heteroatoms. The molecule has 2 aromatic carbocycles. The summed E-state index contributed by atoms with van der Waals surface area (Å²) in [5.41, 5.74) is 1.57. The van der Waals surface area contributed by atoms with E-state index in [1.54, 1.807) is 24.3 Å². The Morgan fingerprint density at radius 2 is 2.00 bits per heavy atom. The van der Waals surface area contributed by atoms with Gasteiger partial charge in [0.1, 0.15) is 5.82 Å². The van der Waals surface area contributed by atoms with Crippen molar-refractivity contribution in [1.29, 1.82) is 0 Å². The molecule has 0 saturated heterocycles. The predicted molar refractivity (Wildman–Crippen MR) is 84.3 cm³/mol. The maximum atomic E-state index is 13.2. The van der Waals surface area contributed by atoms with Gasteiger partial charge in [-0.25, -0.2) is 4.39 Å². The Bertz CT molecular complexity index is 631. The molecule has 1 unspecified atom stereocenters. The first-order valence-electron chi connectivity index (χ1n) is 6.88. The van der Waals surface area contributed by atoms with Crippen molar-refractivity contribution in [2.45, 2.75) is 12.5 Å². The largest absolute Gasteiger partial charge is 0.375 e. The first-order valence-corrected chi connectivity index (χ1v) is 7.25. The lowest BCUT2D eigenvalue weighted by atomic mass is 10.1. The summed E-state index contributed by atoms with van der Waals surface area (Å²) in [5.74, 6) is -0.451. The van der Waals surface area contributed by atoms with E-state index in [0.717, 1.165) is 5.56 Å². The highest BCUT2D eigenvalue weighted by Gasteiger charge is 2.13. The van der Waals surface area contributed by atoms with Gasteiger partial charge in [0.15, 0.2) is 0 Å². The Balaban J connectivity index is 1.90. The summed E-state index contributed by atoms with van der Waals surface area (Å²) < 4.78 is 18.5. The second-order valence-corrected chi connectivity index (χ2v) is 5.32. The minimum atomic E-state index is -0.384. The van der Waals surface area contributed by atoms with E-state index in [0.29, 0.717) is 10.6 Å². The molecule has 0 heterocycles. The maximum absolute atomic E-state index is 13.2. The molecule has 0 aliphatic heterocycles. The Hall–Kier alpha value is -1.91. The summed E-state index contributed by atoms with van der Waals surface area (Å²) in [4.78, 5) is 11.9. The summed E-state index contributed by atoms with van der Waals surface area (Å²) in [5, 5.41) is 3.43. The Morgan fingerprint density at radius 1 is 1.27 bits per heavy atom. The van der Waals surface area contributed by atoms with Crippen molar-refractivity contribution in [1.82, 2.24) is 5.32 Å². The van der Waals surface area contributed by atoms with Crippen molar-refractivity contribution in [3.8, 4) is 0 Å². The summed E-state index contributed by atoms with van der Waals surface area (Å²) in [6.07, 6.45) is -0.124. The summed E-state index contributed by atoms with van der Waals surface area (Å²) in [6, 6.07) is 13.3. The Morgan fingerprint density at radius 3 is 2.64 bits per heavy atom. The molecular formula is C17H17ClFNO2. The van der Waals surface area contributed by atoms with E-state index in [-0.39, 0.29) is 30.8 Å². The van der Waals surface area contributed by atoms with E-state index in [1.807, 2.05) is 12.1 Å². The SMILES string of the molecule is COC(CNC(=O)Cc1ccc(Cl)cc1)c1cccc(F)c1. The smallest absolute Gasteiger partial charge is 0.224 e. The molecule has 1 amide bonds. The monoisotopic (exact) mass is 321 g/mol. The number of carbonyl (C=O) groups is 1. The fourth-order valence-corrected chi connectivity index (χ4v) is 2.23. The molecule has 0 radical (unpaired) electrons. The van der Waals surface area contributed by atoms with Crippen molar-refractivity contribution in [2.24, 2.45) is 0 Å². The molecule has 2 rings (SSSR count). The van der Waals surface area contributed by atoms with Crippen LogP contribution < -0.4 is 5.32 Å². The van der Waals surface area contributed by atoms with Gasteiger partial charge in [-0.2, -0.15) is 0 Å². The first-order chi connectivity index (χ1) is 10.6. The molecule has 116 valence electrons. The zero-order chi connectivity index (χ0) is 15.9. The van der Waals surface area contributed by atoms with Gasteiger partial charge in [0.25, 0.3) is 0 Å². The quantitative estimate of drug-likeness (QED) is 0.884. The van der Waals surface area contributed by atoms with Gasteiger partial charge >= 0.3 is 0 Å². The highest BCUT2D eigenvalue weighted by Crippen LogP contribution is 2.17. The van der Waals surface area contributed by atoms with E-state index in [4.69, 9.17) is 16.3 Å². The molecule has 0 aliphatic carbocycles. The van der Waals surface area contributed by atoms with Crippen molar-refractivity contribution >= 4 is 17.5 Å². The van der Waals surface area contributed by atoms with Crippen LogP contribution in [0.5, 0.6) is 0 Å². The number of amides is 1. The Labute approximate surface area is 134 Å². The van der Waals surface area contributed by atoms with Crippen LogP contribution in [-0.2, 0) is 16.0 Å². The van der Waals surface area contributed by atoms with Crippen LogP contribution in [0.4, 0.5) is 4.39 Å². The molecule has 2 aromatic rings. The average molecular weight is 322 g/mol. The molecule has 0 bridgehead atoms. The normalized spacial score (nSPS) is 12.0. The van der Waals surface area contributed by atoms with Crippen LogP contribution in [0.3, 0.4) is 0 Å². The van der Waals surface area contributed by atoms with E-state index in [9.17, 15) is 9.18 Å². The van der Waals surface area contributed by atoms with Gasteiger partial charge in [-0.1, -0.05) is 35.9 Å². The van der Waals surface area contributed by atoms with E-state index in [2.05, 4.69) is 5.32 Å². The number of benzene rings is 2. The summed E-state index contributed by atoms with van der Waals surface area (Å²) in [7, 11) is 1.53. The van der Waals surface area contributed by atoms with Gasteiger partial charge in [0.05, 0.1) is 12.5 Å². The van der Waals surface area contributed by atoms with Crippen LogP contribution in [0.1, 0.15) is 17.2 Å². The first kappa shape index (κ1) is 16.5. The third kappa shape index (κ3) is 4.83. The van der Waals surface area contributed by atoms with Gasteiger partial charge < -0.3 is 10.1 Å². The second kappa shape index (κ2) is 7.92. The van der Waals surface area contributed by atoms with Crippen LogP contribution in [0.15, 0.2) is 48.5 Å². The average Bonchev–Trinajstić information content (AvgIpc) is 2.50. The lowest BCUT2D eigenvalue weighted by Crippen LogP contribution is -2.30. The fourth-order valence-electron chi connectivity index (χ4n) is 2.10. The van der Waals surface area contributed by atoms with Crippen molar-refractivity contribution in [2.75, 3.05) is 13.7 Å². The van der Waals surface area contributed by atoms with Crippen LogP contribution >= 0.6 is 11.6 Å². The molecule has 0 fully saturated rings. The van der Waals surface area contributed by atoms with Crippen molar-refractivity contribution in [3.05, 3.63) is 70.5 Å². The third-order valence-electron chi connectivity index (χ3n) is 3.27. The third-order valence-corrected chi connectivity index (χ3v) is 3.52. The summed E-state index contributed by atoms with van der Waals surface area (Å²) >= 11 is 5.80. The van der Waals surface area contributed by atoms with Crippen molar-refractivity contribution in [3.63, 3.8) is 0 Å². The summed E-state index contributed by atoms with van der Waals surface area (Å²) in [6.45, 7) is 0.284. The number of nitrogens with one attached hydrogen (secondary N) is 1. The second-order valence-electron chi connectivity index (χ2n) is 4.89. The molecule has 1 N–H and O–H groups in total. The van der Waals surface area contributed by atoms with E-state index < -0.39 is 0 Å². The van der Waals surface area contributed by atoms with Gasteiger partial charge in [-0.15, -0.1) is 0 Å². The lowest BCUT2D eigenvalue weighted by Gasteiger charge is -2.16. The zero-order valence-electron chi connectivity index (χ0n) is 12.2. The van der Waals surface area contributed by atoms with Crippen LogP contribution in [0.25, 0.3) is 0 Å². The molecule has 0 aromatic heterocycles. The van der Waals surface area contributed by atoms with E-state index in [1.165, 1.54) is 19.2 Å². The topological polar surface area (TPSA) is 38.3 Å². The number of rotatable bonds is 6. The lowest BCUT2D eigenvalue weighted by molar-refractivity contribution is -0.121. The number of hydrogen-bond acceptors (Lipinski definition) is 2. The van der Waals surface area contributed by atoms with Crippen LogP contribution in [-0.4, -0.2) is 19.6 Å². The van der Waals surface area contributed by atoms with Gasteiger partial charge in [-0.3, -0.25) is 4.79 Å². The molecule has 0 aliphatic rings. The number of halogens is 2. The number of hydrogen-bond donors (Lipinski definition) is 1. The van der Waals surface area contributed by atoms with Gasteiger partial charge in [-0.05, 0) is 35.4 Å². The minimum absolute atomic E-state index is 0.124. The van der Waals surface area contributed by atoms with E-state index >= 15 is 0 Å². The molecule has 0 spiro atoms. The van der Waals surface area contributed by atoms with Crippen LogP contribution in [0.2, 0.25) is 5.02 Å². The fraction of sp³-hybridized carbons (Fsp3) is 0.235. The van der Waals surface area contributed by atoms with Gasteiger partial charge in [0.2, 0.25) is 5.91 Å². The Kier molecular flexibility index (Phi) is 5.92. The maximum Gasteiger partial charge on any atom is 0.224 e. The van der Waals surface area contributed by atoms with Crippen molar-refractivity contribution < 1.29 is 13.9 Å². The van der Waals surface area contributed by atoms with Gasteiger partial charge in [0, 0.05) is 18.7 Å². The zero-order valence-corrected chi connectivity index (χ0v) is 12.9. The highest BCUT2D eigenvalue weighted by molar-refractivity contribution is 6.30.